The van der Waals surface area contributed by atoms with Crippen LogP contribution in [0, 0.1) is 0 Å². The zero-order chi connectivity index (χ0) is 8.27. The largest absolute Gasteiger partial charge is 0.347 e. The Morgan fingerprint density at radius 1 is 1.27 bits per heavy atom. The van der Waals surface area contributed by atoms with Gasteiger partial charge in [0.15, 0.2) is 0 Å². The first-order valence-corrected chi connectivity index (χ1v) is 3.81. The molecule has 0 amide bonds. The molecular weight excluding hydrogens is 181 g/mol. The highest BCUT2D eigenvalue weighted by atomic mass is 35.5. The number of hydrogen-bond donors (Lipinski definition) is 1. The number of rotatable bonds is 2. The summed E-state index contributed by atoms with van der Waals surface area (Å²) in [5.41, 5.74) is 0.884. The third-order valence-electron chi connectivity index (χ3n) is 1.12. The number of hydrogen-bond acceptors (Lipinski definition) is 1. The Balaban J connectivity index is 2.74. The van der Waals surface area contributed by atoms with Crippen molar-refractivity contribution < 1.29 is 0 Å². The van der Waals surface area contributed by atoms with Gasteiger partial charge in [0.1, 0.15) is 0 Å². The van der Waals surface area contributed by atoms with E-state index in [0.717, 1.165) is 5.69 Å². The molecule has 0 aliphatic rings. The van der Waals surface area contributed by atoms with Gasteiger partial charge in [0.25, 0.3) is 0 Å². The van der Waals surface area contributed by atoms with Crippen LogP contribution in [0.3, 0.4) is 0 Å². The molecule has 0 saturated heterocycles. The summed E-state index contributed by atoms with van der Waals surface area (Å²) >= 11 is 11.2. The van der Waals surface area contributed by atoms with Gasteiger partial charge < -0.3 is 5.32 Å². The average Bonchev–Trinajstić information content (AvgIpc) is 1.93. The SMILES string of the molecule is C=C(Cl)Nc1ccc(Cl)cc1. The minimum Gasteiger partial charge on any atom is -0.347 e. The molecule has 0 atom stereocenters. The maximum atomic E-state index is 5.67. The van der Waals surface area contributed by atoms with E-state index in [-0.39, 0.29) is 0 Å². The van der Waals surface area contributed by atoms with Gasteiger partial charge in [0.2, 0.25) is 0 Å². The molecule has 1 nitrogen and oxygen atoms in total. The second-order valence-corrected chi connectivity index (χ2v) is 2.93. The van der Waals surface area contributed by atoms with Crippen LogP contribution in [0.4, 0.5) is 5.69 Å². The zero-order valence-corrected chi connectivity index (χ0v) is 7.28. The van der Waals surface area contributed by atoms with Crippen molar-refractivity contribution in [3.05, 3.63) is 41.0 Å². The maximum absolute atomic E-state index is 5.67. The summed E-state index contributed by atoms with van der Waals surface area (Å²) < 4.78 is 0. The van der Waals surface area contributed by atoms with Crippen LogP contribution >= 0.6 is 23.2 Å². The fraction of sp³-hybridized carbons (Fsp3) is 0. The smallest absolute Gasteiger partial charge is 0.0989 e. The molecule has 0 bridgehead atoms. The molecule has 0 radical (unpaired) electrons. The number of nitrogens with one attached hydrogen (secondary N) is 1. The van der Waals surface area contributed by atoms with Crippen molar-refractivity contribution in [2.45, 2.75) is 0 Å². The van der Waals surface area contributed by atoms with Gasteiger partial charge in [-0.2, -0.15) is 0 Å². The lowest BCUT2D eigenvalue weighted by Gasteiger charge is -2.01. The topological polar surface area (TPSA) is 12.0 Å². The first kappa shape index (κ1) is 8.44. The summed E-state index contributed by atoms with van der Waals surface area (Å²) in [5, 5.41) is 3.94. The van der Waals surface area contributed by atoms with Crippen molar-refractivity contribution in [3.8, 4) is 0 Å². The van der Waals surface area contributed by atoms with Crippen molar-refractivity contribution in [1.29, 1.82) is 0 Å². The van der Waals surface area contributed by atoms with Gasteiger partial charge in [0, 0.05) is 10.7 Å². The molecule has 3 heteroatoms. The van der Waals surface area contributed by atoms with E-state index >= 15 is 0 Å². The Bertz CT molecular complexity index is 253. The Hall–Kier alpha value is -0.660. The van der Waals surface area contributed by atoms with E-state index < -0.39 is 0 Å². The predicted octanol–water partition coefficient (Wildman–Crippen LogP) is 3.46. The molecule has 0 aliphatic heterocycles. The van der Waals surface area contributed by atoms with Crippen molar-refractivity contribution in [2.24, 2.45) is 0 Å². The quantitative estimate of drug-likeness (QED) is 0.700. The van der Waals surface area contributed by atoms with Crippen LogP contribution in [0.15, 0.2) is 36.0 Å². The summed E-state index contributed by atoms with van der Waals surface area (Å²) in [6.07, 6.45) is 0. The zero-order valence-electron chi connectivity index (χ0n) is 5.77. The van der Waals surface area contributed by atoms with Crippen LogP contribution in [-0.2, 0) is 0 Å². The van der Waals surface area contributed by atoms with Crippen LogP contribution in [0.25, 0.3) is 0 Å². The first-order valence-electron chi connectivity index (χ1n) is 3.05. The molecule has 11 heavy (non-hydrogen) atoms. The number of halogens is 2. The molecule has 0 spiro atoms. The average molecular weight is 188 g/mol. The van der Waals surface area contributed by atoms with Crippen molar-refractivity contribution >= 4 is 28.9 Å². The molecule has 1 N–H and O–H groups in total. The van der Waals surface area contributed by atoms with Gasteiger partial charge in [-0.05, 0) is 24.3 Å². The molecule has 1 rings (SSSR count). The molecule has 58 valence electrons. The van der Waals surface area contributed by atoms with E-state index in [0.29, 0.717) is 10.2 Å². The molecule has 1 aromatic carbocycles. The Kier molecular flexibility index (Phi) is 2.80. The second-order valence-electron chi connectivity index (χ2n) is 2.04. The lowest BCUT2D eigenvalue weighted by atomic mass is 10.3. The van der Waals surface area contributed by atoms with E-state index in [9.17, 15) is 0 Å². The standard InChI is InChI=1S/C8H7Cl2N/c1-6(9)11-8-4-2-7(10)3-5-8/h2-5,11H,1H2. The molecule has 0 fully saturated rings. The van der Waals surface area contributed by atoms with Crippen LogP contribution in [-0.4, -0.2) is 0 Å². The number of benzene rings is 1. The summed E-state index contributed by atoms with van der Waals surface area (Å²) in [4.78, 5) is 0. The minimum absolute atomic E-state index is 0.396. The van der Waals surface area contributed by atoms with Crippen LogP contribution in [0.2, 0.25) is 5.02 Å². The van der Waals surface area contributed by atoms with E-state index in [2.05, 4.69) is 11.9 Å². The monoisotopic (exact) mass is 187 g/mol. The van der Waals surface area contributed by atoms with Gasteiger partial charge in [-0.25, -0.2) is 0 Å². The summed E-state index contributed by atoms with van der Waals surface area (Å²) in [7, 11) is 0. The van der Waals surface area contributed by atoms with Crippen molar-refractivity contribution in [1.82, 2.24) is 0 Å². The lowest BCUT2D eigenvalue weighted by molar-refractivity contribution is 1.57. The summed E-state index contributed by atoms with van der Waals surface area (Å²) in [6, 6.07) is 7.22. The predicted molar refractivity (Wildman–Crippen MR) is 50.1 cm³/mol. The van der Waals surface area contributed by atoms with E-state index in [1.54, 1.807) is 12.1 Å². The summed E-state index contributed by atoms with van der Waals surface area (Å²) in [5.74, 6) is 0. The Morgan fingerprint density at radius 2 is 1.82 bits per heavy atom. The van der Waals surface area contributed by atoms with Crippen molar-refractivity contribution in [2.75, 3.05) is 5.32 Å². The van der Waals surface area contributed by atoms with E-state index in [1.165, 1.54) is 0 Å². The minimum atomic E-state index is 0.396. The van der Waals surface area contributed by atoms with Gasteiger partial charge in [-0.1, -0.05) is 29.8 Å². The van der Waals surface area contributed by atoms with Crippen LogP contribution < -0.4 is 5.32 Å². The molecule has 1 aromatic rings. The van der Waals surface area contributed by atoms with E-state index in [4.69, 9.17) is 23.2 Å². The van der Waals surface area contributed by atoms with Gasteiger partial charge in [-0.15, -0.1) is 0 Å². The maximum Gasteiger partial charge on any atom is 0.0989 e. The first-order chi connectivity index (χ1) is 5.18. The molecule has 0 unspecified atom stereocenters. The molecule has 0 aliphatic carbocycles. The van der Waals surface area contributed by atoms with Gasteiger partial charge in [-0.3, -0.25) is 0 Å². The Labute approximate surface area is 75.6 Å². The molecular formula is C8H7Cl2N. The fourth-order valence-electron chi connectivity index (χ4n) is 0.690. The van der Waals surface area contributed by atoms with Gasteiger partial charge >= 0.3 is 0 Å². The highest BCUT2D eigenvalue weighted by Crippen LogP contribution is 2.15. The highest BCUT2D eigenvalue weighted by Gasteiger charge is 1.91. The van der Waals surface area contributed by atoms with E-state index in [1.807, 2.05) is 12.1 Å². The van der Waals surface area contributed by atoms with Crippen LogP contribution in [0.5, 0.6) is 0 Å². The third-order valence-corrected chi connectivity index (χ3v) is 1.47. The highest BCUT2D eigenvalue weighted by molar-refractivity contribution is 6.31. The normalized spacial score (nSPS) is 9.27. The molecule has 0 aromatic heterocycles. The Morgan fingerprint density at radius 3 is 2.27 bits per heavy atom. The molecule has 0 heterocycles. The second kappa shape index (κ2) is 3.65. The molecule has 0 saturated carbocycles. The lowest BCUT2D eigenvalue weighted by Crippen LogP contribution is -1.89. The van der Waals surface area contributed by atoms with Crippen LogP contribution in [0.1, 0.15) is 0 Å². The van der Waals surface area contributed by atoms with Crippen molar-refractivity contribution in [3.63, 3.8) is 0 Å². The third kappa shape index (κ3) is 2.83. The fourth-order valence-corrected chi connectivity index (χ4v) is 0.925. The van der Waals surface area contributed by atoms with Gasteiger partial charge in [0.05, 0.1) is 5.16 Å². The number of anilines is 1. The summed E-state index contributed by atoms with van der Waals surface area (Å²) in [6.45, 7) is 3.49.